The van der Waals surface area contributed by atoms with Crippen molar-refractivity contribution in [2.45, 2.75) is 12.5 Å². The van der Waals surface area contributed by atoms with Gasteiger partial charge in [-0.3, -0.25) is 4.79 Å². The van der Waals surface area contributed by atoms with Gasteiger partial charge in [-0.25, -0.2) is 0 Å². The number of halogens is 2. The lowest BCUT2D eigenvalue weighted by molar-refractivity contribution is -0.142. The first kappa shape index (κ1) is 15.0. The summed E-state index contributed by atoms with van der Waals surface area (Å²) in [7, 11) is 1.34. The molecule has 0 saturated heterocycles. The quantitative estimate of drug-likeness (QED) is 0.848. The molecule has 1 aromatic heterocycles. The Balaban J connectivity index is 0.00000162. The van der Waals surface area contributed by atoms with Gasteiger partial charge in [0, 0.05) is 28.0 Å². The number of carbonyl (C=O) groups is 1. The Morgan fingerprint density at radius 3 is 2.94 bits per heavy atom. The second-order valence-corrected chi connectivity index (χ2v) is 4.75. The molecule has 0 radical (unpaired) electrons. The molecule has 0 aliphatic heterocycles. The molecule has 0 aliphatic rings. The van der Waals surface area contributed by atoms with Gasteiger partial charge in [0.2, 0.25) is 0 Å². The third-order valence-corrected chi connectivity index (χ3v) is 3.17. The number of ether oxygens (including phenoxy) is 1. The Morgan fingerprint density at radius 2 is 2.28 bits per heavy atom. The SMILES string of the molecule is COC(=O)[C@@H](N)Cc1c[nH]c2ccc(Br)cc12.Cl. The number of hydrogen-bond acceptors (Lipinski definition) is 3. The number of nitrogens with two attached hydrogens (primary N) is 1. The molecule has 1 atom stereocenters. The van der Waals surface area contributed by atoms with E-state index in [0.717, 1.165) is 20.9 Å². The lowest BCUT2D eigenvalue weighted by atomic mass is 10.1. The summed E-state index contributed by atoms with van der Waals surface area (Å²) in [6, 6.07) is 5.32. The van der Waals surface area contributed by atoms with E-state index in [4.69, 9.17) is 5.73 Å². The number of methoxy groups -OCH3 is 1. The minimum atomic E-state index is -0.627. The van der Waals surface area contributed by atoms with E-state index in [9.17, 15) is 4.79 Å². The minimum Gasteiger partial charge on any atom is -0.468 e. The minimum absolute atomic E-state index is 0. The van der Waals surface area contributed by atoms with Gasteiger partial charge in [-0.05, 0) is 23.8 Å². The molecule has 0 spiro atoms. The molecular weight excluding hydrogens is 320 g/mol. The van der Waals surface area contributed by atoms with Gasteiger partial charge in [-0.1, -0.05) is 15.9 Å². The zero-order chi connectivity index (χ0) is 12.4. The maximum atomic E-state index is 11.3. The van der Waals surface area contributed by atoms with E-state index in [1.165, 1.54) is 7.11 Å². The van der Waals surface area contributed by atoms with Crippen LogP contribution in [0.15, 0.2) is 28.9 Å². The Kier molecular flexibility index (Phi) is 5.19. The molecule has 1 heterocycles. The van der Waals surface area contributed by atoms with Crippen LogP contribution in [0, 0.1) is 0 Å². The van der Waals surface area contributed by atoms with E-state index in [1.54, 1.807) is 0 Å². The average molecular weight is 334 g/mol. The molecule has 18 heavy (non-hydrogen) atoms. The number of fused-ring (bicyclic) bond motifs is 1. The van der Waals surface area contributed by atoms with E-state index in [-0.39, 0.29) is 12.4 Å². The summed E-state index contributed by atoms with van der Waals surface area (Å²) < 4.78 is 5.61. The lowest BCUT2D eigenvalue weighted by Crippen LogP contribution is -2.33. The van der Waals surface area contributed by atoms with Crippen LogP contribution in [0.25, 0.3) is 10.9 Å². The molecule has 0 fully saturated rings. The number of H-pyrrole nitrogens is 1. The fourth-order valence-corrected chi connectivity index (χ4v) is 2.15. The van der Waals surface area contributed by atoms with E-state index >= 15 is 0 Å². The highest BCUT2D eigenvalue weighted by molar-refractivity contribution is 9.10. The van der Waals surface area contributed by atoms with Crippen LogP contribution in [-0.2, 0) is 16.0 Å². The predicted octanol–water partition coefficient (Wildman–Crippen LogP) is 2.40. The van der Waals surface area contributed by atoms with Crippen molar-refractivity contribution in [3.63, 3.8) is 0 Å². The molecule has 6 heteroatoms. The summed E-state index contributed by atoms with van der Waals surface area (Å²) in [4.78, 5) is 14.4. The van der Waals surface area contributed by atoms with Crippen LogP contribution in [0.1, 0.15) is 5.56 Å². The predicted molar refractivity (Wildman–Crippen MR) is 76.9 cm³/mol. The van der Waals surface area contributed by atoms with Crippen LogP contribution < -0.4 is 5.73 Å². The maximum Gasteiger partial charge on any atom is 0.322 e. The van der Waals surface area contributed by atoms with Crippen molar-refractivity contribution in [1.82, 2.24) is 4.98 Å². The number of aromatic amines is 1. The monoisotopic (exact) mass is 332 g/mol. The van der Waals surface area contributed by atoms with Crippen LogP contribution in [0.2, 0.25) is 0 Å². The largest absolute Gasteiger partial charge is 0.468 e. The number of rotatable bonds is 3. The molecule has 2 aromatic rings. The van der Waals surface area contributed by atoms with Gasteiger partial charge in [0.1, 0.15) is 6.04 Å². The maximum absolute atomic E-state index is 11.3. The third-order valence-electron chi connectivity index (χ3n) is 2.67. The first-order chi connectivity index (χ1) is 8.11. The Labute approximate surface area is 119 Å². The second-order valence-electron chi connectivity index (χ2n) is 3.84. The Hall–Kier alpha value is -1.04. The lowest BCUT2D eigenvalue weighted by Gasteiger charge is -2.08. The van der Waals surface area contributed by atoms with Crippen LogP contribution in [-0.4, -0.2) is 24.1 Å². The van der Waals surface area contributed by atoms with Crippen molar-refractivity contribution < 1.29 is 9.53 Å². The van der Waals surface area contributed by atoms with Crippen molar-refractivity contribution in [1.29, 1.82) is 0 Å². The van der Waals surface area contributed by atoms with E-state index in [0.29, 0.717) is 6.42 Å². The van der Waals surface area contributed by atoms with Gasteiger partial charge in [-0.2, -0.15) is 0 Å². The van der Waals surface area contributed by atoms with Crippen LogP contribution >= 0.6 is 28.3 Å². The fourth-order valence-electron chi connectivity index (χ4n) is 1.79. The summed E-state index contributed by atoms with van der Waals surface area (Å²) in [6.45, 7) is 0. The van der Waals surface area contributed by atoms with Crippen molar-refractivity contribution in [2.75, 3.05) is 7.11 Å². The van der Waals surface area contributed by atoms with Crippen LogP contribution in [0.3, 0.4) is 0 Å². The smallest absolute Gasteiger partial charge is 0.322 e. The second kappa shape index (κ2) is 6.22. The van der Waals surface area contributed by atoms with Crippen molar-refractivity contribution in [3.8, 4) is 0 Å². The first-order valence-corrected chi connectivity index (χ1v) is 6.00. The first-order valence-electron chi connectivity index (χ1n) is 5.20. The van der Waals surface area contributed by atoms with Crippen molar-refractivity contribution >= 4 is 45.2 Å². The van der Waals surface area contributed by atoms with Gasteiger partial charge in [0.25, 0.3) is 0 Å². The summed E-state index contributed by atoms with van der Waals surface area (Å²) >= 11 is 3.42. The summed E-state index contributed by atoms with van der Waals surface area (Å²) in [5, 5.41) is 1.07. The van der Waals surface area contributed by atoms with Crippen LogP contribution in [0.5, 0.6) is 0 Å². The zero-order valence-corrected chi connectivity index (χ0v) is 12.2. The third kappa shape index (κ3) is 3.04. The zero-order valence-electron chi connectivity index (χ0n) is 9.77. The number of carbonyl (C=O) groups excluding carboxylic acids is 1. The molecule has 4 nitrogen and oxygen atoms in total. The molecule has 0 aliphatic carbocycles. The van der Waals surface area contributed by atoms with Crippen LogP contribution in [0.4, 0.5) is 0 Å². The topological polar surface area (TPSA) is 68.1 Å². The molecule has 0 bridgehead atoms. The molecule has 0 saturated carbocycles. The standard InChI is InChI=1S/C12H13BrN2O2.ClH/c1-17-12(16)10(14)4-7-6-15-11-3-2-8(13)5-9(7)11;/h2-3,5-6,10,15H,4,14H2,1H3;1H/t10-;/m0./s1. The normalized spacial score (nSPS) is 11.9. The Morgan fingerprint density at radius 1 is 1.56 bits per heavy atom. The number of benzene rings is 1. The van der Waals surface area contributed by atoms with Crippen molar-refractivity contribution in [3.05, 3.63) is 34.4 Å². The molecular formula is C12H14BrClN2O2. The summed E-state index contributed by atoms with van der Waals surface area (Å²) in [5.74, 6) is -0.394. The highest BCUT2D eigenvalue weighted by Gasteiger charge is 2.16. The summed E-state index contributed by atoms with van der Waals surface area (Å²) in [6.07, 6.45) is 2.34. The molecule has 1 aromatic carbocycles. The molecule has 98 valence electrons. The number of nitrogens with one attached hydrogen (secondary N) is 1. The highest BCUT2D eigenvalue weighted by Crippen LogP contribution is 2.23. The van der Waals surface area contributed by atoms with E-state index in [1.807, 2.05) is 24.4 Å². The van der Waals surface area contributed by atoms with Gasteiger partial charge in [-0.15, -0.1) is 12.4 Å². The highest BCUT2D eigenvalue weighted by atomic mass is 79.9. The number of esters is 1. The van der Waals surface area contributed by atoms with Gasteiger partial charge in [0.15, 0.2) is 0 Å². The number of aromatic nitrogens is 1. The van der Waals surface area contributed by atoms with Gasteiger partial charge < -0.3 is 15.5 Å². The molecule has 0 unspecified atom stereocenters. The Bertz CT molecular complexity index is 556. The molecule has 2 rings (SSSR count). The fraction of sp³-hybridized carbons (Fsp3) is 0.250. The van der Waals surface area contributed by atoms with Crippen molar-refractivity contribution in [2.24, 2.45) is 5.73 Å². The van der Waals surface area contributed by atoms with Gasteiger partial charge in [0.05, 0.1) is 7.11 Å². The average Bonchev–Trinajstić information content (AvgIpc) is 2.71. The number of hydrogen-bond donors (Lipinski definition) is 2. The molecule has 3 N–H and O–H groups in total. The summed E-state index contributed by atoms with van der Waals surface area (Å²) in [5.41, 5.74) is 7.79. The van der Waals surface area contributed by atoms with E-state index < -0.39 is 12.0 Å². The van der Waals surface area contributed by atoms with E-state index in [2.05, 4.69) is 25.7 Å². The molecule has 0 amide bonds. The van der Waals surface area contributed by atoms with Gasteiger partial charge >= 0.3 is 5.97 Å².